The van der Waals surface area contributed by atoms with Crippen molar-refractivity contribution in [1.82, 2.24) is 4.90 Å². The lowest BCUT2D eigenvalue weighted by molar-refractivity contribution is -0.131. The SMILES string of the molecule is CCN(CCCO)C(=O)C(Br)C(C)C. The number of rotatable bonds is 6. The maximum Gasteiger partial charge on any atom is 0.236 e. The Labute approximate surface area is 94.6 Å². The highest BCUT2D eigenvalue weighted by molar-refractivity contribution is 9.10. The summed E-state index contributed by atoms with van der Waals surface area (Å²) < 4.78 is 0. The van der Waals surface area contributed by atoms with Crippen LogP contribution in [0.25, 0.3) is 0 Å². The molecular formula is C10H20BrNO2. The molecule has 1 unspecified atom stereocenters. The first-order valence-corrected chi connectivity index (χ1v) is 5.99. The van der Waals surface area contributed by atoms with Gasteiger partial charge in [-0.3, -0.25) is 4.79 Å². The molecule has 0 aromatic rings. The Kier molecular flexibility index (Phi) is 7.19. The van der Waals surface area contributed by atoms with Gasteiger partial charge in [-0.2, -0.15) is 0 Å². The van der Waals surface area contributed by atoms with Crippen molar-refractivity contribution in [1.29, 1.82) is 0 Å². The van der Waals surface area contributed by atoms with Crippen LogP contribution >= 0.6 is 15.9 Å². The van der Waals surface area contributed by atoms with Gasteiger partial charge in [-0.05, 0) is 19.3 Å². The number of nitrogens with zero attached hydrogens (tertiary/aromatic N) is 1. The van der Waals surface area contributed by atoms with Crippen LogP contribution < -0.4 is 0 Å². The third-order valence-corrected chi connectivity index (χ3v) is 3.55. The summed E-state index contributed by atoms with van der Waals surface area (Å²) in [6, 6.07) is 0. The molecule has 0 bridgehead atoms. The van der Waals surface area contributed by atoms with Crippen LogP contribution in [-0.2, 0) is 4.79 Å². The zero-order valence-electron chi connectivity index (χ0n) is 9.16. The summed E-state index contributed by atoms with van der Waals surface area (Å²) in [4.78, 5) is 13.5. The van der Waals surface area contributed by atoms with E-state index < -0.39 is 0 Å². The molecule has 0 radical (unpaired) electrons. The van der Waals surface area contributed by atoms with Gasteiger partial charge < -0.3 is 10.0 Å². The van der Waals surface area contributed by atoms with Gasteiger partial charge in [0.2, 0.25) is 5.91 Å². The van der Waals surface area contributed by atoms with Crippen molar-refractivity contribution in [3.63, 3.8) is 0 Å². The molecule has 0 aliphatic carbocycles. The summed E-state index contributed by atoms with van der Waals surface area (Å²) in [5, 5.41) is 8.69. The zero-order valence-corrected chi connectivity index (χ0v) is 10.7. The van der Waals surface area contributed by atoms with Crippen LogP contribution in [0.1, 0.15) is 27.2 Å². The van der Waals surface area contributed by atoms with Crippen molar-refractivity contribution in [2.24, 2.45) is 5.92 Å². The van der Waals surface area contributed by atoms with Crippen LogP contribution in [0.15, 0.2) is 0 Å². The molecule has 1 amide bonds. The molecule has 1 N–H and O–H groups in total. The summed E-state index contributed by atoms with van der Waals surface area (Å²) >= 11 is 3.39. The zero-order chi connectivity index (χ0) is 11.1. The van der Waals surface area contributed by atoms with E-state index >= 15 is 0 Å². The molecule has 0 spiro atoms. The van der Waals surface area contributed by atoms with Gasteiger partial charge in [-0.1, -0.05) is 29.8 Å². The van der Waals surface area contributed by atoms with Crippen molar-refractivity contribution in [3.8, 4) is 0 Å². The first kappa shape index (κ1) is 13.9. The van der Waals surface area contributed by atoms with Crippen molar-refractivity contribution >= 4 is 21.8 Å². The predicted octanol–water partition coefficient (Wildman–Crippen LogP) is 1.64. The highest BCUT2D eigenvalue weighted by Gasteiger charge is 2.22. The van der Waals surface area contributed by atoms with Crippen molar-refractivity contribution in [3.05, 3.63) is 0 Å². The van der Waals surface area contributed by atoms with E-state index in [0.29, 0.717) is 25.4 Å². The highest BCUT2D eigenvalue weighted by atomic mass is 79.9. The van der Waals surface area contributed by atoms with Crippen LogP contribution in [0, 0.1) is 5.92 Å². The Morgan fingerprint density at radius 3 is 2.43 bits per heavy atom. The average molecular weight is 266 g/mol. The first-order valence-electron chi connectivity index (χ1n) is 5.08. The maximum atomic E-state index is 11.8. The van der Waals surface area contributed by atoms with Gasteiger partial charge in [-0.15, -0.1) is 0 Å². The molecule has 0 saturated heterocycles. The fourth-order valence-corrected chi connectivity index (χ4v) is 1.43. The third kappa shape index (κ3) is 4.42. The van der Waals surface area contributed by atoms with E-state index in [0.717, 1.165) is 0 Å². The van der Waals surface area contributed by atoms with Crippen LogP contribution in [-0.4, -0.2) is 40.4 Å². The van der Waals surface area contributed by atoms with Gasteiger partial charge in [0.1, 0.15) is 0 Å². The molecule has 3 nitrogen and oxygen atoms in total. The summed E-state index contributed by atoms with van der Waals surface area (Å²) in [6.07, 6.45) is 0.650. The predicted molar refractivity (Wildman–Crippen MR) is 61.5 cm³/mol. The number of carbonyl (C=O) groups is 1. The summed E-state index contributed by atoms with van der Waals surface area (Å²) in [7, 11) is 0. The van der Waals surface area contributed by atoms with Crippen LogP contribution in [0.2, 0.25) is 0 Å². The molecule has 0 fully saturated rings. The molecule has 0 aromatic carbocycles. The Balaban J connectivity index is 4.16. The standard InChI is InChI=1S/C10H20BrNO2/c1-4-12(6-5-7-13)10(14)9(11)8(2)3/h8-9,13H,4-7H2,1-3H3. The number of amides is 1. The Morgan fingerprint density at radius 1 is 1.50 bits per heavy atom. The van der Waals surface area contributed by atoms with E-state index in [1.807, 2.05) is 20.8 Å². The largest absolute Gasteiger partial charge is 0.396 e. The quantitative estimate of drug-likeness (QED) is 0.742. The molecule has 0 rings (SSSR count). The number of hydrogen-bond acceptors (Lipinski definition) is 2. The lowest BCUT2D eigenvalue weighted by atomic mass is 10.1. The minimum absolute atomic E-state index is 0.110. The molecule has 0 aliphatic heterocycles. The maximum absolute atomic E-state index is 11.8. The van der Waals surface area contributed by atoms with Gasteiger partial charge in [-0.25, -0.2) is 0 Å². The number of aliphatic hydroxyl groups excluding tert-OH is 1. The van der Waals surface area contributed by atoms with Crippen molar-refractivity contribution < 1.29 is 9.90 Å². The number of carbonyl (C=O) groups excluding carboxylic acids is 1. The van der Waals surface area contributed by atoms with Crippen molar-refractivity contribution in [2.45, 2.75) is 32.0 Å². The molecule has 4 heteroatoms. The third-order valence-electron chi connectivity index (χ3n) is 2.10. The van der Waals surface area contributed by atoms with E-state index in [9.17, 15) is 4.79 Å². The van der Waals surface area contributed by atoms with Gasteiger partial charge in [0, 0.05) is 19.7 Å². The second kappa shape index (κ2) is 7.23. The smallest absolute Gasteiger partial charge is 0.236 e. The number of alkyl halides is 1. The number of halogens is 1. The first-order chi connectivity index (χ1) is 6.54. The van der Waals surface area contributed by atoms with Gasteiger partial charge in [0.05, 0.1) is 4.83 Å². The Hall–Kier alpha value is -0.0900. The molecule has 0 heterocycles. The normalized spacial score (nSPS) is 13.0. The van der Waals surface area contributed by atoms with E-state index in [-0.39, 0.29) is 17.3 Å². The average Bonchev–Trinajstić information content (AvgIpc) is 2.17. The molecule has 84 valence electrons. The van der Waals surface area contributed by atoms with Crippen LogP contribution in [0.4, 0.5) is 0 Å². The number of hydrogen-bond donors (Lipinski definition) is 1. The van der Waals surface area contributed by atoms with Gasteiger partial charge >= 0.3 is 0 Å². The van der Waals surface area contributed by atoms with E-state index in [1.165, 1.54) is 0 Å². The second-order valence-corrected chi connectivity index (χ2v) is 4.63. The van der Waals surface area contributed by atoms with Crippen molar-refractivity contribution in [2.75, 3.05) is 19.7 Å². The van der Waals surface area contributed by atoms with E-state index in [1.54, 1.807) is 4.90 Å². The molecule has 1 atom stereocenters. The lowest BCUT2D eigenvalue weighted by Crippen LogP contribution is -2.39. The minimum atomic E-state index is -0.110. The highest BCUT2D eigenvalue weighted by Crippen LogP contribution is 2.15. The Bertz CT molecular complexity index is 174. The Morgan fingerprint density at radius 2 is 2.07 bits per heavy atom. The molecule has 14 heavy (non-hydrogen) atoms. The lowest BCUT2D eigenvalue weighted by Gasteiger charge is -2.24. The molecule has 0 aliphatic rings. The monoisotopic (exact) mass is 265 g/mol. The minimum Gasteiger partial charge on any atom is -0.396 e. The summed E-state index contributed by atoms with van der Waals surface area (Å²) in [5.74, 6) is 0.418. The molecule has 0 saturated carbocycles. The van der Waals surface area contributed by atoms with Crippen LogP contribution in [0.5, 0.6) is 0 Å². The van der Waals surface area contributed by atoms with E-state index in [2.05, 4.69) is 15.9 Å². The molecule has 0 aromatic heterocycles. The van der Waals surface area contributed by atoms with Gasteiger partial charge in [0.15, 0.2) is 0 Å². The summed E-state index contributed by atoms with van der Waals surface area (Å²) in [5.41, 5.74) is 0. The molecular weight excluding hydrogens is 246 g/mol. The number of aliphatic hydroxyl groups is 1. The fraction of sp³-hybridized carbons (Fsp3) is 0.900. The van der Waals surface area contributed by atoms with Gasteiger partial charge in [0.25, 0.3) is 0 Å². The fourth-order valence-electron chi connectivity index (χ4n) is 1.15. The van der Waals surface area contributed by atoms with Crippen LogP contribution in [0.3, 0.4) is 0 Å². The second-order valence-electron chi connectivity index (χ2n) is 3.64. The van der Waals surface area contributed by atoms with E-state index in [4.69, 9.17) is 5.11 Å². The topological polar surface area (TPSA) is 40.5 Å². The summed E-state index contributed by atoms with van der Waals surface area (Å²) in [6.45, 7) is 7.45.